The van der Waals surface area contributed by atoms with Gasteiger partial charge in [-0.15, -0.1) is 0 Å². The molecule has 100 valence electrons. The predicted octanol–water partition coefficient (Wildman–Crippen LogP) is 1.53. The van der Waals surface area contributed by atoms with E-state index in [1.54, 1.807) is 0 Å². The molecule has 2 rings (SSSR count). The van der Waals surface area contributed by atoms with Crippen LogP contribution in [0.15, 0.2) is 6.33 Å². The van der Waals surface area contributed by atoms with Crippen molar-refractivity contribution in [3.05, 3.63) is 11.9 Å². The van der Waals surface area contributed by atoms with Gasteiger partial charge in [-0.25, -0.2) is 9.97 Å². The highest BCUT2D eigenvalue weighted by Gasteiger charge is 2.30. The van der Waals surface area contributed by atoms with E-state index in [1.165, 1.54) is 6.33 Å². The van der Waals surface area contributed by atoms with Gasteiger partial charge in [-0.05, 0) is 25.7 Å². The Balaban J connectivity index is 2.36. The Labute approximate surface area is 108 Å². The second kappa shape index (κ2) is 4.72. The molecule has 2 heterocycles. The molecule has 0 saturated carbocycles. The zero-order valence-corrected chi connectivity index (χ0v) is 11.3. The highest BCUT2D eigenvalue weighted by Crippen LogP contribution is 2.32. The molecule has 0 aromatic carbocycles. The fraction of sp³-hybridized carbons (Fsp3) is 0.692. The minimum atomic E-state index is -0.647. The molecular weight excluding hydrogens is 228 g/mol. The normalized spacial score (nSPS) is 24.6. The van der Waals surface area contributed by atoms with Gasteiger partial charge in [0.1, 0.15) is 18.0 Å². The lowest BCUT2D eigenvalue weighted by Crippen LogP contribution is -2.46. The summed E-state index contributed by atoms with van der Waals surface area (Å²) in [5.41, 5.74) is 6.29. The van der Waals surface area contributed by atoms with Gasteiger partial charge < -0.3 is 15.7 Å². The lowest BCUT2D eigenvalue weighted by atomic mass is 9.94. The standard InChI is InChI=1S/C13H22N4O/c1-9(2)10-11(14)15-8-16-12(10)17-6-4-5-13(3,18)7-17/h8-9,18H,4-7H2,1-3H3,(H2,14,15,16). The van der Waals surface area contributed by atoms with E-state index in [0.717, 1.165) is 30.8 Å². The number of hydrogen-bond donors (Lipinski definition) is 2. The summed E-state index contributed by atoms with van der Waals surface area (Å²) in [6, 6.07) is 0. The number of anilines is 2. The summed E-state index contributed by atoms with van der Waals surface area (Å²) in [4.78, 5) is 10.6. The summed E-state index contributed by atoms with van der Waals surface area (Å²) >= 11 is 0. The van der Waals surface area contributed by atoms with E-state index in [2.05, 4.69) is 28.7 Å². The summed E-state index contributed by atoms with van der Waals surface area (Å²) in [5, 5.41) is 10.2. The molecule has 5 nitrogen and oxygen atoms in total. The largest absolute Gasteiger partial charge is 0.388 e. The van der Waals surface area contributed by atoms with Crippen molar-refractivity contribution in [1.82, 2.24) is 9.97 Å². The maximum Gasteiger partial charge on any atom is 0.137 e. The molecule has 1 aliphatic rings. The molecule has 0 spiro atoms. The molecule has 18 heavy (non-hydrogen) atoms. The molecule has 0 bridgehead atoms. The highest BCUT2D eigenvalue weighted by molar-refractivity contribution is 5.58. The Morgan fingerprint density at radius 1 is 1.44 bits per heavy atom. The van der Waals surface area contributed by atoms with Gasteiger partial charge in [0.15, 0.2) is 0 Å². The lowest BCUT2D eigenvalue weighted by Gasteiger charge is -2.38. The Kier molecular flexibility index (Phi) is 3.43. The first-order valence-electron chi connectivity index (χ1n) is 6.48. The lowest BCUT2D eigenvalue weighted by molar-refractivity contribution is 0.0446. The van der Waals surface area contributed by atoms with Gasteiger partial charge in [-0.1, -0.05) is 13.8 Å². The second-order valence-electron chi connectivity index (χ2n) is 5.67. The molecule has 1 fully saturated rings. The van der Waals surface area contributed by atoms with Crippen LogP contribution < -0.4 is 10.6 Å². The fourth-order valence-corrected chi connectivity index (χ4v) is 2.61. The minimum Gasteiger partial charge on any atom is -0.388 e. The van der Waals surface area contributed by atoms with Crippen LogP contribution in [0.2, 0.25) is 0 Å². The van der Waals surface area contributed by atoms with E-state index in [4.69, 9.17) is 5.73 Å². The Morgan fingerprint density at radius 3 is 2.78 bits per heavy atom. The van der Waals surface area contributed by atoms with Crippen LogP contribution >= 0.6 is 0 Å². The molecule has 0 radical (unpaired) electrons. The van der Waals surface area contributed by atoms with E-state index in [0.29, 0.717) is 12.4 Å². The van der Waals surface area contributed by atoms with Crippen molar-refractivity contribution in [3.8, 4) is 0 Å². The summed E-state index contributed by atoms with van der Waals surface area (Å²) in [7, 11) is 0. The van der Waals surface area contributed by atoms with Crippen LogP contribution in [0, 0.1) is 0 Å². The fourth-order valence-electron chi connectivity index (χ4n) is 2.61. The molecule has 1 aliphatic heterocycles. The van der Waals surface area contributed by atoms with Crippen molar-refractivity contribution >= 4 is 11.6 Å². The third kappa shape index (κ3) is 2.56. The number of β-amino-alcohol motifs (C(OH)–C–C–N with tert-alkyl or cyclic N) is 1. The number of aliphatic hydroxyl groups is 1. The Morgan fingerprint density at radius 2 is 2.17 bits per heavy atom. The van der Waals surface area contributed by atoms with E-state index < -0.39 is 5.60 Å². The zero-order chi connectivity index (χ0) is 13.3. The van der Waals surface area contributed by atoms with E-state index >= 15 is 0 Å². The first-order chi connectivity index (χ1) is 8.41. The number of nitrogens with two attached hydrogens (primary N) is 1. The highest BCUT2D eigenvalue weighted by atomic mass is 16.3. The van der Waals surface area contributed by atoms with Crippen LogP contribution in [-0.4, -0.2) is 33.8 Å². The average molecular weight is 250 g/mol. The SMILES string of the molecule is CC(C)c1c(N)ncnc1N1CCCC(C)(O)C1. The number of aromatic nitrogens is 2. The number of hydrogen-bond acceptors (Lipinski definition) is 5. The van der Waals surface area contributed by atoms with Gasteiger partial charge in [-0.2, -0.15) is 0 Å². The third-order valence-electron chi connectivity index (χ3n) is 3.45. The van der Waals surface area contributed by atoms with Gasteiger partial charge in [0.05, 0.1) is 5.60 Å². The average Bonchev–Trinajstić information content (AvgIpc) is 2.26. The topological polar surface area (TPSA) is 75.3 Å². The van der Waals surface area contributed by atoms with Crippen LogP contribution in [0.3, 0.4) is 0 Å². The van der Waals surface area contributed by atoms with Gasteiger partial charge in [-0.3, -0.25) is 0 Å². The summed E-state index contributed by atoms with van der Waals surface area (Å²) in [5.74, 6) is 1.69. The van der Waals surface area contributed by atoms with Crippen molar-refractivity contribution in [3.63, 3.8) is 0 Å². The van der Waals surface area contributed by atoms with Crippen LogP contribution in [0.5, 0.6) is 0 Å². The minimum absolute atomic E-state index is 0.271. The van der Waals surface area contributed by atoms with Gasteiger partial charge in [0.25, 0.3) is 0 Å². The molecule has 5 heteroatoms. The smallest absolute Gasteiger partial charge is 0.137 e. The van der Waals surface area contributed by atoms with Gasteiger partial charge in [0, 0.05) is 18.7 Å². The summed E-state index contributed by atoms with van der Waals surface area (Å²) in [6.45, 7) is 7.55. The molecular formula is C13H22N4O. The quantitative estimate of drug-likeness (QED) is 0.832. The van der Waals surface area contributed by atoms with Crippen LogP contribution in [-0.2, 0) is 0 Å². The van der Waals surface area contributed by atoms with Crippen LogP contribution in [0.25, 0.3) is 0 Å². The molecule has 1 aromatic heterocycles. The van der Waals surface area contributed by atoms with Crippen LogP contribution in [0.4, 0.5) is 11.6 Å². The number of rotatable bonds is 2. The molecule has 0 amide bonds. The van der Waals surface area contributed by atoms with Crippen LogP contribution in [0.1, 0.15) is 45.1 Å². The van der Waals surface area contributed by atoms with Crippen molar-refractivity contribution in [2.24, 2.45) is 0 Å². The van der Waals surface area contributed by atoms with Crippen molar-refractivity contribution in [2.75, 3.05) is 23.7 Å². The monoisotopic (exact) mass is 250 g/mol. The number of piperidine rings is 1. The maximum absolute atomic E-state index is 10.2. The number of nitrogen functional groups attached to an aromatic ring is 1. The molecule has 1 aromatic rings. The first-order valence-corrected chi connectivity index (χ1v) is 6.48. The third-order valence-corrected chi connectivity index (χ3v) is 3.45. The van der Waals surface area contributed by atoms with Crippen molar-refractivity contribution in [2.45, 2.75) is 45.1 Å². The van der Waals surface area contributed by atoms with Crippen molar-refractivity contribution in [1.29, 1.82) is 0 Å². The predicted molar refractivity (Wildman–Crippen MR) is 72.6 cm³/mol. The number of nitrogens with zero attached hydrogens (tertiary/aromatic N) is 3. The summed E-state index contributed by atoms with van der Waals surface area (Å²) < 4.78 is 0. The van der Waals surface area contributed by atoms with Gasteiger partial charge in [0.2, 0.25) is 0 Å². The Hall–Kier alpha value is -1.36. The molecule has 1 atom stereocenters. The summed E-state index contributed by atoms with van der Waals surface area (Å²) in [6.07, 6.45) is 3.30. The molecule has 1 saturated heterocycles. The van der Waals surface area contributed by atoms with Crippen molar-refractivity contribution < 1.29 is 5.11 Å². The second-order valence-corrected chi connectivity index (χ2v) is 5.67. The molecule has 0 aliphatic carbocycles. The van der Waals surface area contributed by atoms with E-state index in [9.17, 15) is 5.11 Å². The maximum atomic E-state index is 10.2. The van der Waals surface area contributed by atoms with E-state index in [-0.39, 0.29) is 5.92 Å². The zero-order valence-electron chi connectivity index (χ0n) is 11.3. The first kappa shape index (κ1) is 13.1. The van der Waals surface area contributed by atoms with E-state index in [1.807, 2.05) is 6.92 Å². The Bertz CT molecular complexity index is 431. The molecule has 3 N–H and O–H groups in total. The van der Waals surface area contributed by atoms with Gasteiger partial charge >= 0.3 is 0 Å². The molecule has 1 unspecified atom stereocenters.